The Kier molecular flexibility index (Phi) is 2.85. The summed E-state index contributed by atoms with van der Waals surface area (Å²) in [6.07, 6.45) is 3.79. The average Bonchev–Trinajstić information content (AvgIpc) is 2.81. The van der Waals surface area contributed by atoms with E-state index < -0.39 is 11.5 Å². The van der Waals surface area contributed by atoms with Gasteiger partial charge in [0.05, 0.1) is 11.1 Å². The average molecular weight is 309 g/mol. The number of thiocarbonyl (C=S) groups is 1. The lowest BCUT2D eigenvalue weighted by Gasteiger charge is -2.42. The standard InChI is InChI=1S/C17H15N3OS/c18-9-11-10-5-1-2-6-12(10)17(20-15(11)22)13-7-3-4-8-14(13)19-16(17)21/h3-4,7-8,11H,1-2,5-6H2,(H,19,21)(H,20,22)/t11-,17+/m1/s1. The van der Waals surface area contributed by atoms with Crippen LogP contribution >= 0.6 is 12.2 Å². The van der Waals surface area contributed by atoms with Crippen molar-refractivity contribution in [2.75, 3.05) is 5.32 Å². The number of hydrogen-bond donors (Lipinski definition) is 2. The molecular weight excluding hydrogens is 294 g/mol. The fourth-order valence-corrected chi connectivity index (χ4v) is 4.33. The minimum absolute atomic E-state index is 0.0816. The van der Waals surface area contributed by atoms with Crippen molar-refractivity contribution in [3.63, 3.8) is 0 Å². The van der Waals surface area contributed by atoms with Crippen LogP contribution in [0, 0.1) is 17.2 Å². The monoisotopic (exact) mass is 309 g/mol. The molecule has 0 aromatic heterocycles. The molecule has 0 fully saturated rings. The van der Waals surface area contributed by atoms with Crippen LogP contribution in [0.1, 0.15) is 31.2 Å². The maximum absolute atomic E-state index is 12.9. The Balaban J connectivity index is 2.01. The Hall–Kier alpha value is -2.19. The van der Waals surface area contributed by atoms with Gasteiger partial charge in [0.25, 0.3) is 5.91 Å². The summed E-state index contributed by atoms with van der Waals surface area (Å²) >= 11 is 5.44. The van der Waals surface area contributed by atoms with E-state index in [0.29, 0.717) is 4.99 Å². The van der Waals surface area contributed by atoms with Crippen molar-refractivity contribution in [1.29, 1.82) is 5.26 Å². The van der Waals surface area contributed by atoms with Crippen LogP contribution in [0.15, 0.2) is 35.4 Å². The molecule has 3 aliphatic rings. The molecular formula is C17H15N3OS. The summed E-state index contributed by atoms with van der Waals surface area (Å²) in [5.74, 6) is -0.474. The number of anilines is 1. The number of fused-ring (bicyclic) bond motifs is 3. The number of nitrogens with zero attached hydrogens (tertiary/aromatic N) is 1. The molecule has 1 amide bonds. The Morgan fingerprint density at radius 3 is 2.86 bits per heavy atom. The number of carbonyl (C=O) groups is 1. The highest BCUT2D eigenvalue weighted by Crippen LogP contribution is 2.49. The zero-order valence-corrected chi connectivity index (χ0v) is 12.8. The van der Waals surface area contributed by atoms with Crippen LogP contribution < -0.4 is 10.6 Å². The van der Waals surface area contributed by atoms with E-state index in [1.54, 1.807) is 0 Å². The molecule has 22 heavy (non-hydrogen) atoms. The Morgan fingerprint density at radius 2 is 2.05 bits per heavy atom. The molecule has 0 saturated heterocycles. The van der Waals surface area contributed by atoms with Gasteiger partial charge < -0.3 is 10.6 Å². The Labute approximate surface area is 134 Å². The largest absolute Gasteiger partial charge is 0.357 e. The number of rotatable bonds is 0. The molecule has 110 valence electrons. The highest BCUT2D eigenvalue weighted by atomic mass is 32.1. The first-order valence-corrected chi connectivity index (χ1v) is 7.94. The molecule has 0 saturated carbocycles. The van der Waals surface area contributed by atoms with Crippen molar-refractivity contribution in [1.82, 2.24) is 5.32 Å². The van der Waals surface area contributed by atoms with E-state index in [1.807, 2.05) is 24.3 Å². The highest BCUT2D eigenvalue weighted by molar-refractivity contribution is 7.80. The molecule has 2 heterocycles. The van der Waals surface area contributed by atoms with Gasteiger partial charge in [-0.15, -0.1) is 0 Å². The van der Waals surface area contributed by atoms with E-state index in [2.05, 4.69) is 16.7 Å². The van der Waals surface area contributed by atoms with Crippen LogP contribution in [0.25, 0.3) is 0 Å². The van der Waals surface area contributed by atoms with Crippen LogP contribution in [0.2, 0.25) is 0 Å². The zero-order valence-electron chi connectivity index (χ0n) is 12.0. The lowest BCUT2D eigenvalue weighted by atomic mass is 9.69. The van der Waals surface area contributed by atoms with Crippen molar-refractivity contribution >= 4 is 28.8 Å². The van der Waals surface area contributed by atoms with Gasteiger partial charge in [-0.3, -0.25) is 4.79 Å². The third-order valence-corrected chi connectivity index (χ3v) is 5.27. The Bertz CT molecular complexity index is 776. The lowest BCUT2D eigenvalue weighted by Crippen LogP contribution is -2.57. The summed E-state index contributed by atoms with van der Waals surface area (Å²) in [5, 5.41) is 15.7. The van der Waals surface area contributed by atoms with Crippen molar-refractivity contribution in [3.05, 3.63) is 41.0 Å². The molecule has 0 radical (unpaired) electrons. The first-order chi connectivity index (χ1) is 10.7. The topological polar surface area (TPSA) is 64.9 Å². The van der Waals surface area contributed by atoms with Gasteiger partial charge in [-0.2, -0.15) is 5.26 Å². The fraction of sp³-hybridized carbons (Fsp3) is 0.353. The van der Waals surface area contributed by atoms with Gasteiger partial charge in [-0.25, -0.2) is 0 Å². The van der Waals surface area contributed by atoms with Gasteiger partial charge in [0.2, 0.25) is 0 Å². The number of amides is 1. The third-order valence-electron chi connectivity index (χ3n) is 4.93. The number of para-hydroxylation sites is 1. The highest BCUT2D eigenvalue weighted by Gasteiger charge is 2.54. The number of carbonyl (C=O) groups excluding carboxylic acids is 1. The normalized spacial score (nSPS) is 29.5. The SMILES string of the molecule is N#C[C@H]1C(=S)N[C@@]2(C(=O)Nc3ccccc32)C2=C1CCCC2. The minimum atomic E-state index is -0.906. The molecule has 1 aromatic rings. The van der Waals surface area contributed by atoms with Crippen molar-refractivity contribution in [2.24, 2.45) is 5.92 Å². The zero-order chi connectivity index (χ0) is 15.3. The number of benzene rings is 1. The molecule has 0 bridgehead atoms. The summed E-state index contributed by atoms with van der Waals surface area (Å²) in [7, 11) is 0. The fourth-order valence-electron chi connectivity index (χ4n) is 3.98. The minimum Gasteiger partial charge on any atom is -0.357 e. The molecule has 0 unspecified atom stereocenters. The van der Waals surface area contributed by atoms with Gasteiger partial charge in [-0.05, 0) is 42.9 Å². The smallest absolute Gasteiger partial charge is 0.259 e. The summed E-state index contributed by atoms with van der Waals surface area (Å²) in [6, 6.07) is 10.0. The lowest BCUT2D eigenvalue weighted by molar-refractivity contribution is -0.120. The van der Waals surface area contributed by atoms with E-state index >= 15 is 0 Å². The maximum Gasteiger partial charge on any atom is 0.259 e. The molecule has 4 nitrogen and oxygen atoms in total. The first-order valence-electron chi connectivity index (χ1n) is 7.53. The second-order valence-electron chi connectivity index (χ2n) is 6.01. The van der Waals surface area contributed by atoms with Gasteiger partial charge in [-0.1, -0.05) is 30.4 Å². The van der Waals surface area contributed by atoms with Gasteiger partial charge in [0.15, 0.2) is 5.54 Å². The predicted molar refractivity (Wildman–Crippen MR) is 87.1 cm³/mol. The van der Waals surface area contributed by atoms with Crippen LogP contribution in [0.4, 0.5) is 5.69 Å². The summed E-state index contributed by atoms with van der Waals surface area (Å²) in [6.45, 7) is 0. The molecule has 2 N–H and O–H groups in total. The van der Waals surface area contributed by atoms with E-state index in [4.69, 9.17) is 12.2 Å². The van der Waals surface area contributed by atoms with E-state index in [1.165, 1.54) is 0 Å². The van der Waals surface area contributed by atoms with Gasteiger partial charge >= 0.3 is 0 Å². The number of nitrogens with one attached hydrogen (secondary N) is 2. The second kappa shape index (κ2) is 4.65. The number of nitriles is 1. The number of hydrogen-bond acceptors (Lipinski definition) is 3. The maximum atomic E-state index is 12.9. The summed E-state index contributed by atoms with van der Waals surface area (Å²) in [5.41, 5.74) is 2.96. The third kappa shape index (κ3) is 1.56. The predicted octanol–water partition coefficient (Wildman–Crippen LogP) is 2.77. The quantitative estimate of drug-likeness (QED) is 0.571. The van der Waals surface area contributed by atoms with Crippen LogP contribution in [-0.4, -0.2) is 10.9 Å². The summed E-state index contributed by atoms with van der Waals surface area (Å²) < 4.78 is 0. The molecule has 4 rings (SSSR count). The van der Waals surface area contributed by atoms with Gasteiger partial charge in [0.1, 0.15) is 5.92 Å². The molecule has 1 aliphatic carbocycles. The van der Waals surface area contributed by atoms with E-state index in [-0.39, 0.29) is 5.91 Å². The first kappa shape index (κ1) is 13.5. The second-order valence-corrected chi connectivity index (χ2v) is 6.45. The molecule has 1 aromatic carbocycles. The molecule has 2 atom stereocenters. The molecule has 1 spiro atoms. The van der Waals surface area contributed by atoms with Crippen molar-refractivity contribution in [2.45, 2.75) is 31.2 Å². The van der Waals surface area contributed by atoms with Crippen molar-refractivity contribution in [3.8, 4) is 6.07 Å². The molecule has 5 heteroatoms. The van der Waals surface area contributed by atoms with E-state index in [0.717, 1.165) is 48.1 Å². The van der Waals surface area contributed by atoms with Gasteiger partial charge in [0, 0.05) is 11.3 Å². The molecule has 2 aliphatic heterocycles. The van der Waals surface area contributed by atoms with Crippen molar-refractivity contribution < 1.29 is 4.79 Å². The van der Waals surface area contributed by atoms with Crippen LogP contribution in [0.5, 0.6) is 0 Å². The summed E-state index contributed by atoms with van der Waals surface area (Å²) in [4.78, 5) is 13.3. The Morgan fingerprint density at radius 1 is 1.27 bits per heavy atom. The van der Waals surface area contributed by atoms with Crippen LogP contribution in [-0.2, 0) is 10.3 Å². The van der Waals surface area contributed by atoms with Crippen LogP contribution in [0.3, 0.4) is 0 Å². The van der Waals surface area contributed by atoms with E-state index in [9.17, 15) is 10.1 Å².